The van der Waals surface area contributed by atoms with Gasteiger partial charge in [-0.05, 0) is 93.8 Å². The minimum absolute atomic E-state index is 0.0251. The monoisotopic (exact) mass is 682 g/mol. The molecule has 11 heteroatoms. The number of morpholine rings is 1. The van der Waals surface area contributed by atoms with Crippen molar-refractivity contribution in [1.82, 2.24) is 19.8 Å². The van der Waals surface area contributed by atoms with Crippen molar-refractivity contribution in [3.8, 4) is 11.3 Å². The largest absolute Gasteiger partial charge is 0.378 e. The van der Waals surface area contributed by atoms with Crippen LogP contribution in [-0.2, 0) is 29.4 Å². The Morgan fingerprint density at radius 2 is 1.80 bits per heavy atom. The summed E-state index contributed by atoms with van der Waals surface area (Å²) in [4.78, 5) is 48.8. The molecule has 10 nitrogen and oxygen atoms in total. The predicted octanol–water partition coefficient (Wildman–Crippen LogP) is 6.37. The van der Waals surface area contributed by atoms with Gasteiger partial charge in [0.15, 0.2) is 5.82 Å². The highest BCUT2D eigenvalue weighted by Gasteiger charge is 2.31. The first kappa shape index (κ1) is 34.5. The molecule has 1 atom stereocenters. The van der Waals surface area contributed by atoms with Crippen LogP contribution >= 0.6 is 11.3 Å². The molecule has 2 aromatic heterocycles. The Balaban J connectivity index is 1.22. The minimum Gasteiger partial charge on any atom is -0.378 e. The quantitative estimate of drug-likeness (QED) is 0.178. The zero-order valence-corrected chi connectivity index (χ0v) is 29.8. The van der Waals surface area contributed by atoms with Gasteiger partial charge < -0.3 is 24.8 Å². The van der Waals surface area contributed by atoms with Crippen molar-refractivity contribution >= 4 is 40.3 Å². The zero-order valence-electron chi connectivity index (χ0n) is 29.0. The molecule has 2 aliphatic rings. The number of amides is 2. The van der Waals surface area contributed by atoms with Gasteiger partial charge in [-0.3, -0.25) is 19.7 Å². The van der Waals surface area contributed by atoms with Gasteiger partial charge in [0.25, 0.3) is 11.5 Å². The number of carbonyl (C=O) groups is 2. The maximum absolute atomic E-state index is 13.7. The van der Waals surface area contributed by atoms with E-state index in [4.69, 9.17) is 9.72 Å². The summed E-state index contributed by atoms with van der Waals surface area (Å²) in [5.74, 6) is 0.0928. The Morgan fingerprint density at radius 1 is 1.06 bits per heavy atom. The molecule has 1 aliphatic heterocycles. The summed E-state index contributed by atoms with van der Waals surface area (Å²) in [5, 5.41) is 9.88. The second-order valence-electron chi connectivity index (χ2n) is 13.6. The van der Waals surface area contributed by atoms with Crippen LogP contribution < -0.4 is 21.5 Å². The molecule has 3 N–H and O–H groups in total. The van der Waals surface area contributed by atoms with E-state index in [1.54, 1.807) is 24.6 Å². The van der Waals surface area contributed by atoms with Crippen LogP contribution in [0.5, 0.6) is 0 Å². The predicted molar refractivity (Wildman–Crippen MR) is 196 cm³/mol. The highest BCUT2D eigenvalue weighted by Crippen LogP contribution is 2.32. The number of rotatable bonds is 10. The molecule has 2 amide bonds. The second-order valence-corrected chi connectivity index (χ2v) is 14.7. The number of fused-ring (bicyclic) bond motifs is 1. The summed E-state index contributed by atoms with van der Waals surface area (Å²) in [6.45, 7) is 10.5. The van der Waals surface area contributed by atoms with Crippen molar-refractivity contribution in [1.29, 1.82) is 0 Å². The first-order valence-electron chi connectivity index (χ1n) is 17.1. The molecule has 0 bridgehead atoms. The number of aromatic nitrogens is 2. The van der Waals surface area contributed by atoms with E-state index < -0.39 is 6.04 Å². The fraction of sp³-hybridized carbons (Fsp3) is 0.421. The van der Waals surface area contributed by atoms with Gasteiger partial charge in [0.1, 0.15) is 6.04 Å². The summed E-state index contributed by atoms with van der Waals surface area (Å²) in [6.07, 6.45) is 7.00. The standard InChI is InChI=1S/C38H46N6O4S/c1-6-38(3,4)42-33(36(46)44-18-20-48-21-19-44)25-14-16-27(17-15-25)39-34-37(47)43(5)23-30(40-34)28-11-9-12-29(24(28)2)41-35(45)32-22-26-10-7-8-13-31(26)49-32/h9,11-12,14-17,22-23,33,42H,6-8,10,13,18-21H2,1-5H3,(H,39,40)(H,41,45). The first-order chi connectivity index (χ1) is 23.5. The third-order valence-electron chi connectivity index (χ3n) is 9.64. The Morgan fingerprint density at radius 3 is 2.51 bits per heavy atom. The number of thiophene rings is 1. The van der Waals surface area contributed by atoms with E-state index in [9.17, 15) is 14.4 Å². The van der Waals surface area contributed by atoms with E-state index in [0.717, 1.165) is 40.8 Å². The molecule has 49 heavy (non-hydrogen) atoms. The normalized spacial score (nSPS) is 15.4. The summed E-state index contributed by atoms with van der Waals surface area (Å²) >= 11 is 1.59. The number of aryl methyl sites for hydroxylation is 3. The van der Waals surface area contributed by atoms with Crippen LogP contribution in [0, 0.1) is 6.92 Å². The van der Waals surface area contributed by atoms with Crippen molar-refractivity contribution in [2.75, 3.05) is 36.9 Å². The molecular formula is C38H46N6O4S. The topological polar surface area (TPSA) is 118 Å². The molecule has 1 aliphatic carbocycles. The smallest absolute Gasteiger partial charge is 0.293 e. The Kier molecular flexibility index (Phi) is 10.3. The van der Waals surface area contributed by atoms with Crippen LogP contribution in [0.15, 0.2) is 59.5 Å². The highest BCUT2D eigenvalue weighted by molar-refractivity contribution is 7.14. The average Bonchev–Trinajstić information content (AvgIpc) is 3.55. The molecule has 3 heterocycles. The lowest BCUT2D eigenvalue weighted by Crippen LogP contribution is -2.51. The lowest BCUT2D eigenvalue weighted by Gasteiger charge is -2.35. The first-order valence-corrected chi connectivity index (χ1v) is 18.0. The molecule has 4 aromatic rings. The fourth-order valence-corrected chi connectivity index (χ4v) is 7.44. The number of anilines is 3. The summed E-state index contributed by atoms with van der Waals surface area (Å²) in [5.41, 5.74) is 5.27. The van der Waals surface area contributed by atoms with Crippen molar-refractivity contribution in [3.63, 3.8) is 0 Å². The van der Waals surface area contributed by atoms with Gasteiger partial charge >= 0.3 is 0 Å². The molecule has 1 saturated heterocycles. The van der Waals surface area contributed by atoms with Gasteiger partial charge in [-0.1, -0.05) is 31.2 Å². The van der Waals surface area contributed by atoms with Gasteiger partial charge in [-0.2, -0.15) is 0 Å². The fourth-order valence-electron chi connectivity index (χ4n) is 6.29. The van der Waals surface area contributed by atoms with Crippen LogP contribution in [-0.4, -0.2) is 58.1 Å². The molecule has 0 radical (unpaired) electrons. The van der Waals surface area contributed by atoms with Crippen LogP contribution in [0.1, 0.15) is 77.3 Å². The van der Waals surface area contributed by atoms with Crippen molar-refractivity contribution < 1.29 is 14.3 Å². The van der Waals surface area contributed by atoms with Crippen molar-refractivity contribution in [2.45, 2.75) is 71.4 Å². The molecule has 1 unspecified atom stereocenters. The Bertz CT molecular complexity index is 1870. The highest BCUT2D eigenvalue weighted by atomic mass is 32.1. The van der Waals surface area contributed by atoms with Gasteiger partial charge in [-0.15, -0.1) is 11.3 Å². The number of hydrogen-bond acceptors (Lipinski definition) is 8. The maximum atomic E-state index is 13.7. The van der Waals surface area contributed by atoms with E-state index in [1.165, 1.54) is 27.8 Å². The number of ether oxygens (including phenoxy) is 1. The summed E-state index contributed by atoms with van der Waals surface area (Å²) in [6, 6.07) is 14.8. The molecule has 258 valence electrons. The molecule has 0 spiro atoms. The maximum Gasteiger partial charge on any atom is 0.293 e. The SMILES string of the molecule is CCC(C)(C)NC(C(=O)N1CCOCC1)c1ccc(Nc2nc(-c3cccc(NC(=O)c4cc5c(s4)CCCC5)c3C)cn(C)c2=O)cc1. The van der Waals surface area contributed by atoms with Gasteiger partial charge in [0.2, 0.25) is 5.91 Å². The average molecular weight is 683 g/mol. The number of nitrogens with zero attached hydrogens (tertiary/aromatic N) is 3. The second kappa shape index (κ2) is 14.7. The number of nitrogens with one attached hydrogen (secondary N) is 3. The van der Waals surface area contributed by atoms with E-state index in [-0.39, 0.29) is 28.7 Å². The lowest BCUT2D eigenvalue weighted by atomic mass is 9.96. The summed E-state index contributed by atoms with van der Waals surface area (Å²) in [7, 11) is 1.70. The van der Waals surface area contributed by atoms with E-state index in [0.29, 0.717) is 43.4 Å². The van der Waals surface area contributed by atoms with Crippen molar-refractivity contribution in [3.05, 3.63) is 91.5 Å². The van der Waals surface area contributed by atoms with Crippen molar-refractivity contribution in [2.24, 2.45) is 7.05 Å². The van der Waals surface area contributed by atoms with Crippen LogP contribution in [0.3, 0.4) is 0 Å². The van der Waals surface area contributed by atoms with Crippen LogP contribution in [0.4, 0.5) is 17.2 Å². The van der Waals surface area contributed by atoms with E-state index in [2.05, 4.69) is 36.7 Å². The third-order valence-corrected chi connectivity index (χ3v) is 10.9. The van der Waals surface area contributed by atoms with Crippen LogP contribution in [0.2, 0.25) is 0 Å². The molecule has 0 saturated carbocycles. The molecule has 6 rings (SSSR count). The molecular weight excluding hydrogens is 637 g/mol. The molecule has 1 fully saturated rings. The van der Waals surface area contributed by atoms with Gasteiger partial charge in [0, 0.05) is 53.7 Å². The van der Waals surface area contributed by atoms with Gasteiger partial charge in [-0.25, -0.2) is 4.98 Å². The zero-order chi connectivity index (χ0) is 34.7. The Labute approximate surface area is 291 Å². The Hall–Kier alpha value is -4.32. The van der Waals surface area contributed by atoms with E-state index >= 15 is 0 Å². The van der Waals surface area contributed by atoms with Gasteiger partial charge in [0.05, 0.1) is 23.8 Å². The third kappa shape index (κ3) is 7.79. The number of benzene rings is 2. The molecule has 2 aromatic carbocycles. The van der Waals surface area contributed by atoms with E-state index in [1.807, 2.05) is 60.4 Å². The van der Waals surface area contributed by atoms with Crippen LogP contribution in [0.25, 0.3) is 11.3 Å². The summed E-state index contributed by atoms with van der Waals surface area (Å²) < 4.78 is 6.98. The number of hydrogen-bond donors (Lipinski definition) is 3. The lowest BCUT2D eigenvalue weighted by molar-refractivity contribution is -0.138. The number of carbonyl (C=O) groups excluding carboxylic acids is 2. The minimum atomic E-state index is -0.516.